The Morgan fingerprint density at radius 1 is 1.28 bits per heavy atom. The van der Waals surface area contributed by atoms with Gasteiger partial charge in [0.05, 0.1) is 10.6 Å². The van der Waals surface area contributed by atoms with Crippen molar-refractivity contribution in [3.63, 3.8) is 0 Å². The van der Waals surface area contributed by atoms with Gasteiger partial charge in [0.25, 0.3) is 5.22 Å². The van der Waals surface area contributed by atoms with Gasteiger partial charge in [-0.2, -0.15) is 0 Å². The zero-order valence-corrected chi connectivity index (χ0v) is 10.5. The summed E-state index contributed by atoms with van der Waals surface area (Å²) in [5, 5.41) is 0.168. The lowest BCUT2D eigenvalue weighted by Gasteiger charge is -2.02. The quantitative estimate of drug-likeness (QED) is 0.799. The van der Waals surface area contributed by atoms with Crippen LogP contribution in [0.1, 0.15) is 21.8 Å². The van der Waals surface area contributed by atoms with E-state index < -0.39 is 11.6 Å². The average molecular weight is 269 g/mol. The molecule has 1 heterocycles. The molecule has 6 heteroatoms. The Morgan fingerprint density at radius 2 is 1.89 bits per heavy atom. The van der Waals surface area contributed by atoms with Crippen LogP contribution in [0, 0.1) is 25.5 Å². The molecule has 0 aliphatic heterocycles. The highest BCUT2D eigenvalue weighted by Gasteiger charge is 2.16. The number of aldehydes is 1. The third-order valence-electron chi connectivity index (χ3n) is 2.35. The van der Waals surface area contributed by atoms with Crippen LogP contribution in [0.4, 0.5) is 8.78 Å². The Bertz CT molecular complexity index is 568. The Labute approximate surface area is 106 Å². The van der Waals surface area contributed by atoms with Gasteiger partial charge in [-0.3, -0.25) is 4.79 Å². The molecule has 3 nitrogen and oxygen atoms in total. The van der Waals surface area contributed by atoms with Crippen molar-refractivity contribution in [2.45, 2.75) is 24.0 Å². The lowest BCUT2D eigenvalue weighted by atomic mass is 10.2. The molecule has 0 saturated carbocycles. The second kappa shape index (κ2) is 4.89. The summed E-state index contributed by atoms with van der Waals surface area (Å²) in [6.07, 6.45) is 0.389. The van der Waals surface area contributed by atoms with Crippen LogP contribution < -0.4 is 0 Å². The maximum atomic E-state index is 13.6. The average Bonchev–Trinajstić information content (AvgIpc) is 2.63. The van der Waals surface area contributed by atoms with Crippen molar-refractivity contribution >= 4 is 18.0 Å². The molecular weight excluding hydrogens is 260 g/mol. The number of carbonyl (C=O) groups is 1. The second-order valence-electron chi connectivity index (χ2n) is 3.65. The van der Waals surface area contributed by atoms with Crippen LogP contribution in [0.15, 0.2) is 26.7 Å². The number of nitrogens with zero attached hydrogens (tertiary/aromatic N) is 1. The van der Waals surface area contributed by atoms with E-state index in [0.29, 0.717) is 17.7 Å². The maximum Gasteiger partial charge on any atom is 0.261 e. The molecule has 0 amide bonds. The van der Waals surface area contributed by atoms with Crippen molar-refractivity contribution in [3.05, 3.63) is 40.8 Å². The third kappa shape index (κ3) is 2.43. The first-order valence-electron chi connectivity index (χ1n) is 5.07. The Kier molecular flexibility index (Phi) is 3.47. The fraction of sp³-hybridized carbons (Fsp3) is 0.167. The summed E-state index contributed by atoms with van der Waals surface area (Å²) in [5.74, 6) is -1.02. The van der Waals surface area contributed by atoms with E-state index in [9.17, 15) is 13.6 Å². The highest BCUT2D eigenvalue weighted by atomic mass is 32.2. The minimum absolute atomic E-state index is 0.0471. The van der Waals surface area contributed by atoms with Crippen molar-refractivity contribution in [3.8, 4) is 0 Å². The third-order valence-corrected chi connectivity index (χ3v) is 3.30. The molecule has 2 aromatic rings. The van der Waals surface area contributed by atoms with Crippen molar-refractivity contribution in [1.29, 1.82) is 0 Å². The molecule has 0 N–H and O–H groups in total. The van der Waals surface area contributed by atoms with E-state index >= 15 is 0 Å². The van der Waals surface area contributed by atoms with E-state index in [1.54, 1.807) is 13.8 Å². The van der Waals surface area contributed by atoms with Gasteiger partial charge in [0.15, 0.2) is 0 Å². The highest BCUT2D eigenvalue weighted by molar-refractivity contribution is 7.99. The van der Waals surface area contributed by atoms with Crippen LogP contribution in [0.5, 0.6) is 0 Å². The smallest absolute Gasteiger partial charge is 0.261 e. The molecule has 0 bridgehead atoms. The van der Waals surface area contributed by atoms with Crippen molar-refractivity contribution in [2.24, 2.45) is 0 Å². The van der Waals surface area contributed by atoms with Crippen LogP contribution >= 0.6 is 11.8 Å². The van der Waals surface area contributed by atoms with Gasteiger partial charge in [-0.05, 0) is 37.7 Å². The van der Waals surface area contributed by atoms with Crippen LogP contribution in [0.3, 0.4) is 0 Å². The number of hydrogen-bond donors (Lipinski definition) is 0. The number of carbonyl (C=O) groups excluding carboxylic acids is 1. The number of rotatable bonds is 3. The largest absolute Gasteiger partial charge is 0.436 e. The summed E-state index contributed by atoms with van der Waals surface area (Å²) >= 11 is 0.751. The SMILES string of the molecule is Cc1nc(Sc2c(F)cc(C=O)cc2F)oc1C. The Balaban J connectivity index is 2.37. The number of aryl methyl sites for hydroxylation is 2. The molecule has 94 valence electrons. The molecule has 0 atom stereocenters. The molecule has 0 unspecified atom stereocenters. The van der Waals surface area contributed by atoms with Crippen molar-refractivity contribution < 1.29 is 18.0 Å². The first kappa shape index (κ1) is 12.8. The minimum Gasteiger partial charge on any atom is -0.436 e. The van der Waals surface area contributed by atoms with Crippen molar-refractivity contribution in [2.75, 3.05) is 0 Å². The number of oxazole rings is 1. The van der Waals surface area contributed by atoms with Gasteiger partial charge in [-0.1, -0.05) is 0 Å². The minimum atomic E-state index is -0.810. The maximum absolute atomic E-state index is 13.6. The fourth-order valence-corrected chi connectivity index (χ4v) is 2.16. The molecule has 0 saturated heterocycles. The van der Waals surface area contributed by atoms with Gasteiger partial charge in [0.2, 0.25) is 0 Å². The first-order valence-corrected chi connectivity index (χ1v) is 5.89. The number of halogens is 2. The molecule has 0 aliphatic rings. The van der Waals surface area contributed by atoms with Crippen molar-refractivity contribution in [1.82, 2.24) is 4.98 Å². The van der Waals surface area contributed by atoms with E-state index in [1.165, 1.54) is 0 Å². The molecule has 1 aromatic carbocycles. The standard InChI is InChI=1S/C12H9F2NO2S/c1-6-7(2)17-12(15-6)18-11-9(13)3-8(5-16)4-10(11)14/h3-5H,1-2H3. The summed E-state index contributed by atoms with van der Waals surface area (Å²) in [5.41, 5.74) is 0.622. The lowest BCUT2D eigenvalue weighted by molar-refractivity contribution is 0.112. The van der Waals surface area contributed by atoms with Gasteiger partial charge in [-0.15, -0.1) is 0 Å². The molecule has 0 radical (unpaired) electrons. The molecule has 0 spiro atoms. The fourth-order valence-electron chi connectivity index (χ4n) is 1.32. The monoisotopic (exact) mass is 269 g/mol. The van der Waals surface area contributed by atoms with Gasteiger partial charge in [0, 0.05) is 5.56 Å². The Morgan fingerprint density at radius 3 is 2.33 bits per heavy atom. The number of benzene rings is 1. The van der Waals surface area contributed by atoms with Crippen LogP contribution in [-0.2, 0) is 0 Å². The molecule has 0 aliphatic carbocycles. The predicted molar refractivity (Wildman–Crippen MR) is 61.8 cm³/mol. The van der Waals surface area contributed by atoms with Crippen LogP contribution in [0.2, 0.25) is 0 Å². The highest BCUT2D eigenvalue weighted by Crippen LogP contribution is 2.32. The summed E-state index contributed by atoms with van der Waals surface area (Å²) in [4.78, 5) is 14.2. The molecule has 0 fully saturated rings. The van der Waals surface area contributed by atoms with Gasteiger partial charge < -0.3 is 4.42 Å². The predicted octanol–water partition coefficient (Wildman–Crippen LogP) is 3.53. The van der Waals surface area contributed by atoms with E-state index in [0.717, 1.165) is 23.9 Å². The lowest BCUT2D eigenvalue weighted by Crippen LogP contribution is -1.92. The molecule has 2 rings (SSSR count). The summed E-state index contributed by atoms with van der Waals surface area (Å²) in [7, 11) is 0. The summed E-state index contributed by atoms with van der Waals surface area (Å²) < 4.78 is 32.4. The summed E-state index contributed by atoms with van der Waals surface area (Å²) in [6, 6.07) is 1.95. The first-order chi connectivity index (χ1) is 8.51. The van der Waals surface area contributed by atoms with E-state index in [2.05, 4.69) is 4.98 Å². The normalized spacial score (nSPS) is 10.7. The van der Waals surface area contributed by atoms with Crippen LogP contribution in [-0.4, -0.2) is 11.3 Å². The zero-order chi connectivity index (χ0) is 13.3. The summed E-state index contributed by atoms with van der Waals surface area (Å²) in [6.45, 7) is 3.46. The topological polar surface area (TPSA) is 43.1 Å². The number of aromatic nitrogens is 1. The molecular formula is C12H9F2NO2S. The second-order valence-corrected chi connectivity index (χ2v) is 4.62. The van der Waals surface area contributed by atoms with Crippen LogP contribution in [0.25, 0.3) is 0 Å². The molecule has 1 aromatic heterocycles. The zero-order valence-electron chi connectivity index (χ0n) is 9.66. The van der Waals surface area contributed by atoms with E-state index in [-0.39, 0.29) is 15.7 Å². The van der Waals surface area contributed by atoms with Gasteiger partial charge in [-0.25, -0.2) is 13.8 Å². The van der Waals surface area contributed by atoms with E-state index in [1.807, 2.05) is 0 Å². The van der Waals surface area contributed by atoms with Gasteiger partial charge in [0.1, 0.15) is 23.7 Å². The van der Waals surface area contributed by atoms with Gasteiger partial charge >= 0.3 is 0 Å². The van der Waals surface area contributed by atoms with E-state index in [4.69, 9.17) is 4.42 Å². The Hall–Kier alpha value is -1.69. The number of hydrogen-bond acceptors (Lipinski definition) is 4. The molecule has 18 heavy (non-hydrogen) atoms.